The van der Waals surface area contributed by atoms with Crippen molar-refractivity contribution in [3.8, 4) is 0 Å². The molecule has 0 aliphatic heterocycles. The van der Waals surface area contributed by atoms with Crippen LogP contribution in [0.15, 0.2) is 33.7 Å². The van der Waals surface area contributed by atoms with Crippen molar-refractivity contribution in [2.45, 2.75) is 27.3 Å². The molecule has 0 fully saturated rings. The van der Waals surface area contributed by atoms with E-state index in [0.29, 0.717) is 25.6 Å². The Hall–Kier alpha value is -1.77. The number of aliphatic imine (C=N–C) groups is 1. The molecule has 1 aromatic heterocycles. The summed E-state index contributed by atoms with van der Waals surface area (Å²) in [6.45, 7) is 7.98. The van der Waals surface area contributed by atoms with Gasteiger partial charge in [0.2, 0.25) is 5.91 Å². The van der Waals surface area contributed by atoms with Gasteiger partial charge in [-0.05, 0) is 19.9 Å². The van der Waals surface area contributed by atoms with Crippen LogP contribution in [0.25, 0.3) is 11.0 Å². The molecule has 3 N–H and O–H groups in total. The van der Waals surface area contributed by atoms with Crippen LogP contribution in [0.4, 0.5) is 0 Å². The molecular formula is C17H25IN4O2. The smallest absolute Gasteiger partial charge is 0.216 e. The van der Waals surface area contributed by atoms with Crippen LogP contribution in [-0.2, 0) is 11.3 Å². The lowest BCUT2D eigenvalue weighted by atomic mass is 10.1. The van der Waals surface area contributed by atoms with E-state index in [0.717, 1.165) is 28.8 Å². The zero-order valence-corrected chi connectivity index (χ0v) is 16.6. The lowest BCUT2D eigenvalue weighted by molar-refractivity contribution is -0.118. The molecule has 132 valence electrons. The minimum absolute atomic E-state index is 0. The number of aryl methyl sites for hydroxylation is 1. The summed E-state index contributed by atoms with van der Waals surface area (Å²) < 4.78 is 5.86. The SMILES string of the molecule is CCNC(=NCc1oc2ccccc2c1C)NCCNC(C)=O.I. The fourth-order valence-corrected chi connectivity index (χ4v) is 2.29. The molecule has 2 rings (SSSR count). The number of carbonyl (C=O) groups excluding carboxylic acids is 1. The number of benzene rings is 1. The molecule has 0 radical (unpaired) electrons. The first-order valence-electron chi connectivity index (χ1n) is 7.85. The number of fused-ring (bicyclic) bond motifs is 1. The van der Waals surface area contributed by atoms with Crippen molar-refractivity contribution in [1.82, 2.24) is 16.0 Å². The fourth-order valence-electron chi connectivity index (χ4n) is 2.29. The highest BCUT2D eigenvalue weighted by molar-refractivity contribution is 14.0. The number of para-hydroxylation sites is 1. The Labute approximate surface area is 159 Å². The van der Waals surface area contributed by atoms with Gasteiger partial charge in [0.05, 0.1) is 0 Å². The standard InChI is InChI=1S/C17H24N4O2.HI/c1-4-18-17(20-10-9-19-13(3)22)21-11-16-12(2)14-7-5-6-8-15(14)23-16;/h5-8H,4,9-11H2,1-3H3,(H,19,22)(H2,18,20,21);1H. The van der Waals surface area contributed by atoms with Gasteiger partial charge in [0.1, 0.15) is 17.9 Å². The highest BCUT2D eigenvalue weighted by Crippen LogP contribution is 2.25. The van der Waals surface area contributed by atoms with Crippen LogP contribution < -0.4 is 16.0 Å². The highest BCUT2D eigenvalue weighted by atomic mass is 127. The maximum atomic E-state index is 10.9. The van der Waals surface area contributed by atoms with E-state index in [1.165, 1.54) is 6.92 Å². The largest absolute Gasteiger partial charge is 0.459 e. The van der Waals surface area contributed by atoms with E-state index in [4.69, 9.17) is 4.42 Å². The molecule has 0 atom stereocenters. The van der Waals surface area contributed by atoms with Crippen LogP contribution >= 0.6 is 24.0 Å². The molecule has 0 saturated carbocycles. The Morgan fingerprint density at radius 1 is 1.17 bits per heavy atom. The summed E-state index contributed by atoms with van der Waals surface area (Å²) in [5.74, 6) is 1.54. The molecule has 1 amide bonds. The van der Waals surface area contributed by atoms with Crippen LogP contribution in [0.5, 0.6) is 0 Å². The number of amides is 1. The van der Waals surface area contributed by atoms with Gasteiger partial charge in [0.25, 0.3) is 0 Å². The van der Waals surface area contributed by atoms with Crippen LogP contribution in [0.3, 0.4) is 0 Å². The van der Waals surface area contributed by atoms with Crippen LogP contribution in [-0.4, -0.2) is 31.5 Å². The van der Waals surface area contributed by atoms with E-state index in [-0.39, 0.29) is 29.9 Å². The number of carbonyl (C=O) groups is 1. The van der Waals surface area contributed by atoms with Gasteiger partial charge in [-0.1, -0.05) is 18.2 Å². The number of rotatable bonds is 6. The normalized spacial score (nSPS) is 11.0. The van der Waals surface area contributed by atoms with E-state index >= 15 is 0 Å². The first kappa shape index (κ1) is 20.3. The second-order valence-electron chi connectivity index (χ2n) is 5.25. The Kier molecular flexibility index (Phi) is 8.59. The van der Waals surface area contributed by atoms with E-state index in [9.17, 15) is 4.79 Å². The number of furan rings is 1. The number of halogens is 1. The molecule has 24 heavy (non-hydrogen) atoms. The quantitative estimate of drug-likeness (QED) is 0.277. The second-order valence-corrected chi connectivity index (χ2v) is 5.25. The average Bonchev–Trinajstić information content (AvgIpc) is 2.85. The molecule has 0 aliphatic rings. The summed E-state index contributed by atoms with van der Waals surface area (Å²) in [5.41, 5.74) is 2.01. The lowest BCUT2D eigenvalue weighted by Crippen LogP contribution is -2.41. The molecule has 7 heteroatoms. The first-order valence-corrected chi connectivity index (χ1v) is 7.85. The van der Waals surface area contributed by atoms with Crippen molar-refractivity contribution in [1.29, 1.82) is 0 Å². The first-order chi connectivity index (χ1) is 11.1. The number of nitrogens with zero attached hydrogens (tertiary/aromatic N) is 1. The molecule has 1 aromatic carbocycles. The monoisotopic (exact) mass is 444 g/mol. The third-order valence-corrected chi connectivity index (χ3v) is 3.46. The Balaban J connectivity index is 0.00000288. The van der Waals surface area contributed by atoms with Gasteiger partial charge in [-0.25, -0.2) is 4.99 Å². The predicted octanol–water partition coefficient (Wildman–Crippen LogP) is 2.55. The Bertz CT molecular complexity index is 697. The minimum atomic E-state index is -0.0355. The molecule has 0 unspecified atom stereocenters. The predicted molar refractivity (Wildman–Crippen MR) is 108 cm³/mol. The van der Waals surface area contributed by atoms with Gasteiger partial charge in [-0.2, -0.15) is 0 Å². The Morgan fingerprint density at radius 3 is 2.54 bits per heavy atom. The fraction of sp³-hybridized carbons (Fsp3) is 0.412. The molecule has 0 spiro atoms. The lowest BCUT2D eigenvalue weighted by Gasteiger charge is -2.11. The number of nitrogens with one attached hydrogen (secondary N) is 3. The molecule has 0 bridgehead atoms. The zero-order valence-electron chi connectivity index (χ0n) is 14.3. The van der Waals surface area contributed by atoms with Crippen molar-refractivity contribution in [3.63, 3.8) is 0 Å². The van der Waals surface area contributed by atoms with Crippen molar-refractivity contribution >= 4 is 46.8 Å². The second kappa shape index (κ2) is 10.2. The highest BCUT2D eigenvalue weighted by Gasteiger charge is 2.09. The van der Waals surface area contributed by atoms with Crippen LogP contribution in [0.1, 0.15) is 25.2 Å². The molecular weight excluding hydrogens is 419 g/mol. The van der Waals surface area contributed by atoms with Crippen molar-refractivity contribution < 1.29 is 9.21 Å². The van der Waals surface area contributed by atoms with E-state index in [2.05, 4.69) is 27.0 Å². The molecule has 2 aromatic rings. The molecule has 0 saturated heterocycles. The minimum Gasteiger partial charge on any atom is -0.459 e. The molecule has 6 nitrogen and oxygen atoms in total. The maximum Gasteiger partial charge on any atom is 0.216 e. The van der Waals surface area contributed by atoms with Gasteiger partial charge >= 0.3 is 0 Å². The van der Waals surface area contributed by atoms with E-state index < -0.39 is 0 Å². The molecule has 1 heterocycles. The van der Waals surface area contributed by atoms with E-state index in [1.807, 2.05) is 32.0 Å². The van der Waals surface area contributed by atoms with Gasteiger partial charge in [-0.3, -0.25) is 4.79 Å². The summed E-state index contributed by atoms with van der Waals surface area (Å²) in [6.07, 6.45) is 0. The van der Waals surface area contributed by atoms with Crippen molar-refractivity contribution in [2.24, 2.45) is 4.99 Å². The maximum absolute atomic E-state index is 10.9. The third kappa shape index (κ3) is 5.70. The van der Waals surface area contributed by atoms with Crippen LogP contribution in [0.2, 0.25) is 0 Å². The number of hydrogen-bond acceptors (Lipinski definition) is 3. The van der Waals surface area contributed by atoms with E-state index in [1.54, 1.807) is 0 Å². The van der Waals surface area contributed by atoms with Gasteiger partial charge in [-0.15, -0.1) is 24.0 Å². The summed E-state index contributed by atoms with van der Waals surface area (Å²) in [5, 5.41) is 10.2. The van der Waals surface area contributed by atoms with Gasteiger partial charge in [0.15, 0.2) is 5.96 Å². The average molecular weight is 444 g/mol. The van der Waals surface area contributed by atoms with Crippen LogP contribution in [0, 0.1) is 6.92 Å². The van der Waals surface area contributed by atoms with Gasteiger partial charge in [0, 0.05) is 37.5 Å². The van der Waals surface area contributed by atoms with Crippen molar-refractivity contribution in [3.05, 3.63) is 35.6 Å². The number of hydrogen-bond donors (Lipinski definition) is 3. The Morgan fingerprint density at radius 2 is 1.88 bits per heavy atom. The number of guanidine groups is 1. The topological polar surface area (TPSA) is 78.7 Å². The molecule has 0 aliphatic carbocycles. The van der Waals surface area contributed by atoms with Crippen molar-refractivity contribution in [2.75, 3.05) is 19.6 Å². The zero-order chi connectivity index (χ0) is 16.7. The third-order valence-electron chi connectivity index (χ3n) is 3.46. The summed E-state index contributed by atoms with van der Waals surface area (Å²) in [4.78, 5) is 15.4. The summed E-state index contributed by atoms with van der Waals surface area (Å²) >= 11 is 0. The van der Waals surface area contributed by atoms with Gasteiger partial charge < -0.3 is 20.4 Å². The summed E-state index contributed by atoms with van der Waals surface area (Å²) in [6, 6.07) is 7.99. The summed E-state index contributed by atoms with van der Waals surface area (Å²) in [7, 11) is 0.